The molecule has 1 aromatic carbocycles. The van der Waals surface area contributed by atoms with Crippen LogP contribution in [0.5, 0.6) is 5.75 Å². The van der Waals surface area contributed by atoms with Gasteiger partial charge in [-0.05, 0) is 37.1 Å². The Balaban J connectivity index is 1.44. The Morgan fingerprint density at radius 1 is 1.22 bits per heavy atom. The number of nitrogens with zero attached hydrogens (tertiary/aromatic N) is 4. The van der Waals surface area contributed by atoms with E-state index in [2.05, 4.69) is 20.5 Å². The number of carbonyl (C=O) groups excluding carboxylic acids is 1. The number of ether oxygens (including phenoxy) is 1. The van der Waals surface area contributed by atoms with Crippen molar-refractivity contribution < 1.29 is 9.53 Å². The third-order valence-corrected chi connectivity index (χ3v) is 4.99. The van der Waals surface area contributed by atoms with E-state index in [9.17, 15) is 4.79 Å². The number of para-hydroxylation sites is 1. The quantitative estimate of drug-likeness (QED) is 0.705. The maximum atomic E-state index is 12.7. The fraction of sp³-hybridized carbons (Fsp3) is 0.263. The van der Waals surface area contributed by atoms with Gasteiger partial charge in [-0.25, -0.2) is 4.98 Å². The summed E-state index contributed by atoms with van der Waals surface area (Å²) < 4.78 is 5.62. The zero-order valence-electron chi connectivity index (χ0n) is 14.6. The zero-order chi connectivity index (χ0) is 18.5. The van der Waals surface area contributed by atoms with Crippen molar-refractivity contribution in [3.8, 4) is 5.75 Å². The lowest BCUT2D eigenvalue weighted by molar-refractivity contribution is -0.134. The summed E-state index contributed by atoms with van der Waals surface area (Å²) in [6.45, 7) is 0.751. The van der Waals surface area contributed by atoms with Gasteiger partial charge in [0, 0.05) is 6.54 Å². The maximum Gasteiger partial charge on any atom is 0.261 e. The van der Waals surface area contributed by atoms with E-state index in [0.29, 0.717) is 16.7 Å². The summed E-state index contributed by atoms with van der Waals surface area (Å²) in [4.78, 5) is 19.2. The van der Waals surface area contributed by atoms with Crippen LogP contribution < -0.4 is 10.1 Å². The molecule has 2 aromatic heterocycles. The highest BCUT2D eigenvalue weighted by molar-refractivity contribution is 7.13. The molecule has 1 aliphatic rings. The van der Waals surface area contributed by atoms with Crippen molar-refractivity contribution in [2.24, 2.45) is 0 Å². The SMILES string of the molecule is O=C(COc1ccccc1)N1CCC[C@H]1c1cccc(Nc2nncs2)n1. The van der Waals surface area contributed by atoms with Crippen molar-refractivity contribution >= 4 is 28.2 Å². The fourth-order valence-electron chi connectivity index (χ4n) is 3.16. The molecule has 3 aromatic rings. The van der Waals surface area contributed by atoms with E-state index < -0.39 is 0 Å². The third-order valence-electron chi connectivity index (χ3n) is 4.39. The highest BCUT2D eigenvalue weighted by Crippen LogP contribution is 2.32. The summed E-state index contributed by atoms with van der Waals surface area (Å²) in [7, 11) is 0. The Morgan fingerprint density at radius 3 is 2.93 bits per heavy atom. The first-order chi connectivity index (χ1) is 13.3. The summed E-state index contributed by atoms with van der Waals surface area (Å²) >= 11 is 1.41. The molecule has 0 radical (unpaired) electrons. The number of nitrogens with one attached hydrogen (secondary N) is 1. The molecular weight excluding hydrogens is 362 g/mol. The largest absolute Gasteiger partial charge is 0.484 e. The summed E-state index contributed by atoms with van der Waals surface area (Å²) in [6.07, 6.45) is 1.85. The number of aromatic nitrogens is 3. The highest BCUT2D eigenvalue weighted by Gasteiger charge is 2.31. The van der Waals surface area contributed by atoms with Crippen molar-refractivity contribution in [1.82, 2.24) is 20.1 Å². The number of hydrogen-bond acceptors (Lipinski definition) is 7. The van der Waals surface area contributed by atoms with Crippen LogP contribution in [-0.4, -0.2) is 39.1 Å². The van der Waals surface area contributed by atoms with Crippen LogP contribution in [0.4, 0.5) is 10.9 Å². The first-order valence-electron chi connectivity index (χ1n) is 8.77. The topological polar surface area (TPSA) is 80.2 Å². The number of anilines is 2. The second-order valence-corrected chi connectivity index (χ2v) is 7.00. The van der Waals surface area contributed by atoms with Crippen LogP contribution in [-0.2, 0) is 4.79 Å². The molecule has 0 saturated carbocycles. The highest BCUT2D eigenvalue weighted by atomic mass is 32.1. The van der Waals surface area contributed by atoms with Gasteiger partial charge in [0.05, 0.1) is 11.7 Å². The van der Waals surface area contributed by atoms with Crippen LogP contribution in [0.25, 0.3) is 0 Å². The molecule has 1 amide bonds. The zero-order valence-corrected chi connectivity index (χ0v) is 15.4. The third kappa shape index (κ3) is 4.22. The van der Waals surface area contributed by atoms with E-state index in [1.54, 1.807) is 5.51 Å². The van der Waals surface area contributed by atoms with Crippen molar-refractivity contribution in [2.75, 3.05) is 18.5 Å². The van der Waals surface area contributed by atoms with Crippen molar-refractivity contribution in [3.63, 3.8) is 0 Å². The monoisotopic (exact) mass is 381 g/mol. The van der Waals surface area contributed by atoms with Gasteiger partial charge >= 0.3 is 0 Å². The van der Waals surface area contributed by atoms with Crippen LogP contribution in [0.1, 0.15) is 24.6 Å². The molecule has 0 unspecified atom stereocenters. The predicted molar refractivity (Wildman–Crippen MR) is 103 cm³/mol. The molecular formula is C19H19N5O2S. The van der Waals surface area contributed by atoms with Crippen molar-refractivity contribution in [1.29, 1.82) is 0 Å². The van der Waals surface area contributed by atoms with Crippen LogP contribution in [0.15, 0.2) is 54.0 Å². The maximum absolute atomic E-state index is 12.7. The first-order valence-corrected chi connectivity index (χ1v) is 9.65. The van der Waals surface area contributed by atoms with E-state index in [4.69, 9.17) is 4.74 Å². The molecule has 1 fully saturated rings. The Kier molecular flexibility index (Phi) is 5.24. The van der Waals surface area contributed by atoms with Crippen LogP contribution in [0.3, 0.4) is 0 Å². The molecule has 3 heterocycles. The predicted octanol–water partition coefficient (Wildman–Crippen LogP) is 3.42. The van der Waals surface area contributed by atoms with E-state index in [0.717, 1.165) is 25.1 Å². The van der Waals surface area contributed by atoms with E-state index in [-0.39, 0.29) is 18.6 Å². The number of pyridine rings is 1. The number of hydrogen-bond donors (Lipinski definition) is 1. The average molecular weight is 381 g/mol. The standard InChI is InChI=1S/C19H19N5O2S/c25-18(12-26-14-6-2-1-3-7-14)24-11-5-9-16(24)15-8-4-10-17(21-15)22-19-23-20-13-27-19/h1-4,6-8,10,13,16H,5,9,11-12H2,(H,21,22,23)/t16-/m0/s1. The minimum atomic E-state index is -0.0342. The van der Waals surface area contributed by atoms with Crippen molar-refractivity contribution in [3.05, 3.63) is 59.7 Å². The fourth-order valence-corrected chi connectivity index (χ4v) is 3.61. The van der Waals surface area contributed by atoms with E-state index in [1.165, 1.54) is 11.3 Å². The molecule has 1 N–H and O–H groups in total. The average Bonchev–Trinajstić information content (AvgIpc) is 3.39. The molecule has 1 atom stereocenters. The number of rotatable bonds is 6. The van der Waals surface area contributed by atoms with Crippen LogP contribution in [0.2, 0.25) is 0 Å². The lowest BCUT2D eigenvalue weighted by atomic mass is 10.1. The molecule has 1 aliphatic heterocycles. The summed E-state index contributed by atoms with van der Waals surface area (Å²) in [6, 6.07) is 15.1. The van der Waals surface area contributed by atoms with Gasteiger partial charge in [-0.3, -0.25) is 4.79 Å². The van der Waals surface area contributed by atoms with Gasteiger partial charge in [0.2, 0.25) is 5.13 Å². The van der Waals surface area contributed by atoms with E-state index in [1.807, 2.05) is 53.4 Å². The molecule has 0 spiro atoms. The van der Waals surface area contributed by atoms with Gasteiger partial charge in [-0.15, -0.1) is 10.2 Å². The molecule has 138 valence electrons. The Morgan fingerprint density at radius 2 is 2.11 bits per heavy atom. The first kappa shape index (κ1) is 17.4. The number of likely N-dealkylation sites (tertiary alicyclic amines) is 1. The summed E-state index contributed by atoms with van der Waals surface area (Å²) in [5, 5.41) is 11.6. The van der Waals surface area contributed by atoms with Gasteiger partial charge in [0.25, 0.3) is 5.91 Å². The summed E-state index contributed by atoms with van der Waals surface area (Å²) in [5.41, 5.74) is 2.53. The lowest BCUT2D eigenvalue weighted by Gasteiger charge is -2.24. The lowest BCUT2D eigenvalue weighted by Crippen LogP contribution is -2.34. The smallest absolute Gasteiger partial charge is 0.261 e. The van der Waals surface area contributed by atoms with Gasteiger partial charge < -0.3 is 15.0 Å². The molecule has 8 heteroatoms. The number of amides is 1. The molecule has 27 heavy (non-hydrogen) atoms. The second-order valence-electron chi connectivity index (χ2n) is 6.16. The minimum Gasteiger partial charge on any atom is -0.484 e. The van der Waals surface area contributed by atoms with Crippen molar-refractivity contribution in [2.45, 2.75) is 18.9 Å². The van der Waals surface area contributed by atoms with Crippen LogP contribution in [0, 0.1) is 0 Å². The number of carbonyl (C=O) groups is 1. The Bertz CT molecular complexity index is 888. The molecule has 4 rings (SSSR count). The van der Waals surface area contributed by atoms with E-state index >= 15 is 0 Å². The molecule has 1 saturated heterocycles. The van der Waals surface area contributed by atoms with Gasteiger partial charge in [0.1, 0.15) is 17.1 Å². The normalized spacial score (nSPS) is 16.3. The number of benzene rings is 1. The van der Waals surface area contributed by atoms with Gasteiger partial charge in [-0.1, -0.05) is 35.6 Å². The molecule has 0 bridgehead atoms. The molecule has 7 nitrogen and oxygen atoms in total. The molecule has 0 aliphatic carbocycles. The van der Waals surface area contributed by atoms with Crippen LogP contribution >= 0.6 is 11.3 Å². The Hall–Kier alpha value is -3.00. The Labute approximate surface area is 161 Å². The minimum absolute atomic E-state index is 0.0226. The van der Waals surface area contributed by atoms with Gasteiger partial charge in [-0.2, -0.15) is 0 Å². The summed E-state index contributed by atoms with van der Waals surface area (Å²) in [5.74, 6) is 1.37. The van der Waals surface area contributed by atoms with Gasteiger partial charge in [0.15, 0.2) is 6.61 Å². The second kappa shape index (κ2) is 8.13.